The highest BCUT2D eigenvalue weighted by Crippen LogP contribution is 2.24. The first-order chi connectivity index (χ1) is 7.85. The fourth-order valence-electron chi connectivity index (χ4n) is 1.16. The number of phenolic OH excluding ortho intramolecular Hbond substituents is 2. The molecule has 0 bridgehead atoms. The molecule has 5 nitrogen and oxygen atoms in total. The van der Waals surface area contributed by atoms with Crippen molar-refractivity contribution in [3.63, 3.8) is 0 Å². The van der Waals surface area contributed by atoms with E-state index in [1.807, 2.05) is 13.8 Å². The number of amides is 1. The molecule has 1 aromatic rings. The van der Waals surface area contributed by atoms with Crippen LogP contribution in [0.1, 0.15) is 24.2 Å². The molecule has 0 aliphatic rings. The molecule has 0 radical (unpaired) electrons. The SMILES string of the molecule is CC(C)(CN)CNC(=O)c1ccc(O)c(O)c1. The Hall–Kier alpha value is -1.75. The zero-order valence-electron chi connectivity index (χ0n) is 10.0. The molecular formula is C12H18N2O3. The first-order valence-electron chi connectivity index (χ1n) is 5.36. The molecule has 0 heterocycles. The van der Waals surface area contributed by atoms with Gasteiger partial charge in [0.05, 0.1) is 0 Å². The zero-order valence-corrected chi connectivity index (χ0v) is 10.0. The Labute approximate surface area is 100 Å². The topological polar surface area (TPSA) is 95.6 Å². The minimum atomic E-state index is -0.310. The van der Waals surface area contributed by atoms with Gasteiger partial charge in [-0.05, 0) is 30.2 Å². The van der Waals surface area contributed by atoms with Crippen LogP contribution in [0.3, 0.4) is 0 Å². The minimum Gasteiger partial charge on any atom is -0.504 e. The molecule has 1 rings (SSSR count). The average Bonchev–Trinajstić information content (AvgIpc) is 2.30. The molecule has 0 aliphatic heterocycles. The molecule has 0 fully saturated rings. The van der Waals surface area contributed by atoms with Gasteiger partial charge in [-0.2, -0.15) is 0 Å². The molecule has 17 heavy (non-hydrogen) atoms. The first kappa shape index (κ1) is 13.3. The van der Waals surface area contributed by atoms with Crippen LogP contribution in [0.4, 0.5) is 0 Å². The molecular weight excluding hydrogens is 220 g/mol. The van der Waals surface area contributed by atoms with Gasteiger partial charge in [0.2, 0.25) is 0 Å². The molecule has 0 atom stereocenters. The average molecular weight is 238 g/mol. The smallest absolute Gasteiger partial charge is 0.251 e. The Bertz CT molecular complexity index is 416. The fourth-order valence-corrected chi connectivity index (χ4v) is 1.16. The Balaban J connectivity index is 2.68. The number of hydrogen-bond acceptors (Lipinski definition) is 4. The summed E-state index contributed by atoms with van der Waals surface area (Å²) in [7, 11) is 0. The van der Waals surface area contributed by atoms with Crippen molar-refractivity contribution in [1.29, 1.82) is 0 Å². The summed E-state index contributed by atoms with van der Waals surface area (Å²) in [5.74, 6) is -0.860. The van der Waals surface area contributed by atoms with Crippen molar-refractivity contribution in [2.24, 2.45) is 11.1 Å². The Morgan fingerprint density at radius 1 is 1.35 bits per heavy atom. The second-order valence-electron chi connectivity index (χ2n) is 4.75. The first-order valence-corrected chi connectivity index (χ1v) is 5.36. The molecule has 0 aromatic heterocycles. The van der Waals surface area contributed by atoms with Gasteiger partial charge in [-0.1, -0.05) is 13.8 Å². The number of nitrogens with two attached hydrogens (primary N) is 1. The lowest BCUT2D eigenvalue weighted by Gasteiger charge is -2.22. The highest BCUT2D eigenvalue weighted by Gasteiger charge is 2.17. The van der Waals surface area contributed by atoms with Crippen molar-refractivity contribution in [3.05, 3.63) is 23.8 Å². The van der Waals surface area contributed by atoms with Crippen molar-refractivity contribution < 1.29 is 15.0 Å². The van der Waals surface area contributed by atoms with E-state index in [1.165, 1.54) is 18.2 Å². The highest BCUT2D eigenvalue weighted by molar-refractivity contribution is 5.94. The van der Waals surface area contributed by atoms with Gasteiger partial charge in [0.25, 0.3) is 5.91 Å². The summed E-state index contributed by atoms with van der Waals surface area (Å²) in [4.78, 5) is 11.7. The van der Waals surface area contributed by atoms with Crippen molar-refractivity contribution in [3.8, 4) is 11.5 Å². The Morgan fingerprint density at radius 2 is 2.00 bits per heavy atom. The number of rotatable bonds is 4. The number of nitrogens with one attached hydrogen (secondary N) is 1. The Morgan fingerprint density at radius 3 is 2.53 bits per heavy atom. The van der Waals surface area contributed by atoms with Crippen LogP contribution in [-0.4, -0.2) is 29.2 Å². The van der Waals surface area contributed by atoms with Crippen LogP contribution in [0, 0.1) is 5.41 Å². The van der Waals surface area contributed by atoms with E-state index < -0.39 is 0 Å². The number of benzene rings is 1. The summed E-state index contributed by atoms with van der Waals surface area (Å²) < 4.78 is 0. The quantitative estimate of drug-likeness (QED) is 0.584. The lowest BCUT2D eigenvalue weighted by Crippen LogP contribution is -2.38. The largest absolute Gasteiger partial charge is 0.504 e. The summed E-state index contributed by atoms with van der Waals surface area (Å²) in [6, 6.07) is 3.94. The summed E-state index contributed by atoms with van der Waals surface area (Å²) in [6.07, 6.45) is 0. The van der Waals surface area contributed by atoms with E-state index in [1.54, 1.807) is 0 Å². The second-order valence-corrected chi connectivity index (χ2v) is 4.75. The maximum atomic E-state index is 11.7. The molecule has 0 aliphatic carbocycles. The number of carbonyl (C=O) groups excluding carboxylic acids is 1. The maximum absolute atomic E-state index is 11.7. The van der Waals surface area contributed by atoms with Crippen molar-refractivity contribution >= 4 is 5.91 Å². The van der Waals surface area contributed by atoms with E-state index in [9.17, 15) is 9.90 Å². The third-order valence-electron chi connectivity index (χ3n) is 2.52. The molecule has 0 spiro atoms. The van der Waals surface area contributed by atoms with Gasteiger partial charge in [0.15, 0.2) is 11.5 Å². The molecule has 1 amide bonds. The monoisotopic (exact) mass is 238 g/mol. The van der Waals surface area contributed by atoms with Gasteiger partial charge >= 0.3 is 0 Å². The summed E-state index contributed by atoms with van der Waals surface area (Å²) in [6.45, 7) is 4.81. The van der Waals surface area contributed by atoms with Gasteiger partial charge in [0.1, 0.15) is 0 Å². The van der Waals surface area contributed by atoms with Crippen LogP contribution >= 0.6 is 0 Å². The molecule has 5 N–H and O–H groups in total. The van der Waals surface area contributed by atoms with E-state index in [4.69, 9.17) is 10.8 Å². The van der Waals surface area contributed by atoms with Gasteiger partial charge in [-0.25, -0.2) is 0 Å². The van der Waals surface area contributed by atoms with Gasteiger partial charge < -0.3 is 21.3 Å². The number of aromatic hydroxyl groups is 2. The molecule has 5 heteroatoms. The van der Waals surface area contributed by atoms with Crippen LogP contribution in [0.15, 0.2) is 18.2 Å². The van der Waals surface area contributed by atoms with Crippen LogP contribution in [0.25, 0.3) is 0 Å². The number of hydrogen-bond donors (Lipinski definition) is 4. The third kappa shape index (κ3) is 3.64. The highest BCUT2D eigenvalue weighted by atomic mass is 16.3. The predicted octanol–water partition coefficient (Wildman–Crippen LogP) is 0.812. The summed E-state index contributed by atoms with van der Waals surface area (Å²) in [5.41, 5.74) is 5.68. The predicted molar refractivity (Wildman–Crippen MR) is 64.9 cm³/mol. The molecule has 0 saturated heterocycles. The van der Waals surface area contributed by atoms with E-state index in [0.29, 0.717) is 18.7 Å². The van der Waals surface area contributed by atoms with Crippen molar-refractivity contribution in [2.75, 3.05) is 13.1 Å². The van der Waals surface area contributed by atoms with E-state index in [-0.39, 0.29) is 22.8 Å². The molecule has 0 saturated carbocycles. The van der Waals surface area contributed by atoms with Gasteiger partial charge in [0, 0.05) is 12.1 Å². The molecule has 0 unspecified atom stereocenters. The standard InChI is InChI=1S/C12H18N2O3/c1-12(2,6-13)7-14-11(17)8-3-4-9(15)10(16)5-8/h3-5,15-16H,6-7,13H2,1-2H3,(H,14,17). The number of carbonyl (C=O) groups is 1. The minimum absolute atomic E-state index is 0.172. The van der Waals surface area contributed by atoms with Crippen molar-refractivity contribution in [1.82, 2.24) is 5.32 Å². The van der Waals surface area contributed by atoms with Crippen LogP contribution in [-0.2, 0) is 0 Å². The van der Waals surface area contributed by atoms with E-state index in [0.717, 1.165) is 0 Å². The Kier molecular flexibility index (Phi) is 3.96. The normalized spacial score (nSPS) is 11.2. The van der Waals surface area contributed by atoms with Gasteiger partial charge in [-0.15, -0.1) is 0 Å². The van der Waals surface area contributed by atoms with Crippen LogP contribution in [0.5, 0.6) is 11.5 Å². The summed E-state index contributed by atoms with van der Waals surface area (Å²) >= 11 is 0. The lowest BCUT2D eigenvalue weighted by atomic mass is 9.94. The zero-order chi connectivity index (χ0) is 13.1. The molecule has 94 valence electrons. The van der Waals surface area contributed by atoms with Crippen molar-refractivity contribution in [2.45, 2.75) is 13.8 Å². The van der Waals surface area contributed by atoms with E-state index in [2.05, 4.69) is 5.32 Å². The fraction of sp³-hybridized carbons (Fsp3) is 0.417. The van der Waals surface area contributed by atoms with E-state index >= 15 is 0 Å². The van der Waals surface area contributed by atoms with Crippen LogP contribution < -0.4 is 11.1 Å². The lowest BCUT2D eigenvalue weighted by molar-refractivity contribution is 0.0937. The molecule has 1 aromatic carbocycles. The summed E-state index contributed by atoms with van der Waals surface area (Å²) in [5, 5.41) is 21.1. The third-order valence-corrected chi connectivity index (χ3v) is 2.52. The number of phenols is 2. The van der Waals surface area contributed by atoms with Crippen LogP contribution in [0.2, 0.25) is 0 Å². The maximum Gasteiger partial charge on any atom is 0.251 e. The van der Waals surface area contributed by atoms with Gasteiger partial charge in [-0.3, -0.25) is 4.79 Å². The second kappa shape index (κ2) is 5.05.